The molecule has 2 fully saturated rings. The summed E-state index contributed by atoms with van der Waals surface area (Å²) in [7, 11) is 0. The summed E-state index contributed by atoms with van der Waals surface area (Å²) >= 11 is 0. The van der Waals surface area contributed by atoms with Crippen LogP contribution in [0.25, 0.3) is 0 Å². The van der Waals surface area contributed by atoms with Crippen LogP contribution in [0, 0.1) is 11.7 Å². The Hall–Kier alpha value is -2.81. The van der Waals surface area contributed by atoms with Gasteiger partial charge < -0.3 is 10.6 Å². The standard InChI is InChI=1S/C21H27FN6O2/c22-17-5-1-3-15(11-17)12-26-8-2-4-16(13-26)21(30)27-9-6-18(7-10-27)28-14-19(20(23)29)24-25-28/h1,3,5,11,14,16,18H,2,4,6-10,12-13H2,(H2,23,29). The maximum atomic E-state index is 13.5. The Morgan fingerprint density at radius 2 is 1.97 bits per heavy atom. The molecule has 0 aliphatic carbocycles. The van der Waals surface area contributed by atoms with Crippen molar-refractivity contribution in [3.05, 3.63) is 47.5 Å². The van der Waals surface area contributed by atoms with Gasteiger partial charge in [0.25, 0.3) is 5.91 Å². The fraction of sp³-hybridized carbons (Fsp3) is 0.524. The summed E-state index contributed by atoms with van der Waals surface area (Å²) in [5.74, 6) is -0.630. The molecular formula is C21H27FN6O2. The number of carbonyl (C=O) groups excluding carboxylic acids is 2. The molecule has 0 saturated carbocycles. The quantitative estimate of drug-likeness (QED) is 0.801. The van der Waals surface area contributed by atoms with Gasteiger partial charge in [0.15, 0.2) is 5.69 Å². The van der Waals surface area contributed by atoms with Crippen molar-refractivity contribution in [2.45, 2.75) is 38.3 Å². The van der Waals surface area contributed by atoms with Gasteiger partial charge in [-0.25, -0.2) is 9.07 Å². The van der Waals surface area contributed by atoms with Crippen LogP contribution in [0.3, 0.4) is 0 Å². The van der Waals surface area contributed by atoms with Crippen LogP contribution in [0.2, 0.25) is 0 Å². The van der Waals surface area contributed by atoms with Crippen LogP contribution in [-0.4, -0.2) is 62.8 Å². The van der Waals surface area contributed by atoms with Crippen molar-refractivity contribution in [3.63, 3.8) is 0 Å². The summed E-state index contributed by atoms with van der Waals surface area (Å²) in [5.41, 5.74) is 6.34. The third-order valence-corrected chi connectivity index (χ3v) is 6.06. The van der Waals surface area contributed by atoms with E-state index >= 15 is 0 Å². The zero-order chi connectivity index (χ0) is 21.1. The summed E-state index contributed by atoms with van der Waals surface area (Å²) in [5, 5.41) is 7.80. The first-order chi connectivity index (χ1) is 14.5. The van der Waals surface area contributed by atoms with Crippen molar-refractivity contribution in [1.29, 1.82) is 0 Å². The molecular weight excluding hydrogens is 387 g/mol. The number of piperidine rings is 2. The Morgan fingerprint density at radius 3 is 2.67 bits per heavy atom. The normalized spacial score (nSPS) is 21.0. The number of rotatable bonds is 5. The summed E-state index contributed by atoms with van der Waals surface area (Å²) in [6.07, 6.45) is 4.98. The zero-order valence-electron chi connectivity index (χ0n) is 16.9. The van der Waals surface area contributed by atoms with Gasteiger partial charge in [-0.2, -0.15) is 0 Å². The predicted molar refractivity (Wildman–Crippen MR) is 108 cm³/mol. The lowest BCUT2D eigenvalue weighted by Crippen LogP contribution is -2.47. The second kappa shape index (κ2) is 8.91. The number of halogens is 1. The highest BCUT2D eigenvalue weighted by atomic mass is 19.1. The molecule has 1 unspecified atom stereocenters. The molecule has 2 saturated heterocycles. The number of benzene rings is 1. The van der Waals surface area contributed by atoms with Crippen molar-refractivity contribution in [1.82, 2.24) is 24.8 Å². The second-order valence-corrected chi connectivity index (χ2v) is 8.21. The van der Waals surface area contributed by atoms with E-state index in [1.165, 1.54) is 6.07 Å². The minimum Gasteiger partial charge on any atom is -0.364 e. The van der Waals surface area contributed by atoms with Crippen molar-refractivity contribution in [2.24, 2.45) is 11.7 Å². The van der Waals surface area contributed by atoms with Gasteiger partial charge in [0.05, 0.1) is 18.2 Å². The second-order valence-electron chi connectivity index (χ2n) is 8.21. The van der Waals surface area contributed by atoms with Gasteiger partial charge in [0, 0.05) is 26.2 Å². The molecule has 3 heterocycles. The molecule has 4 rings (SSSR count). The maximum absolute atomic E-state index is 13.5. The van der Waals surface area contributed by atoms with E-state index in [9.17, 15) is 14.0 Å². The summed E-state index contributed by atoms with van der Waals surface area (Å²) in [6.45, 7) is 3.63. The monoisotopic (exact) mass is 414 g/mol. The van der Waals surface area contributed by atoms with Crippen LogP contribution in [0.1, 0.15) is 47.8 Å². The number of carbonyl (C=O) groups is 2. The molecule has 0 radical (unpaired) electrons. The topological polar surface area (TPSA) is 97.4 Å². The molecule has 0 bridgehead atoms. The maximum Gasteiger partial charge on any atom is 0.270 e. The largest absolute Gasteiger partial charge is 0.364 e. The van der Waals surface area contributed by atoms with Gasteiger partial charge in [0.2, 0.25) is 5.91 Å². The van der Waals surface area contributed by atoms with Crippen molar-refractivity contribution >= 4 is 11.8 Å². The Balaban J connectivity index is 1.30. The zero-order valence-corrected chi connectivity index (χ0v) is 16.9. The Kier molecular flexibility index (Phi) is 6.08. The van der Waals surface area contributed by atoms with Crippen LogP contribution in [-0.2, 0) is 11.3 Å². The van der Waals surface area contributed by atoms with Crippen LogP contribution in [0.4, 0.5) is 4.39 Å². The van der Waals surface area contributed by atoms with Crippen LogP contribution in [0.15, 0.2) is 30.5 Å². The molecule has 9 heteroatoms. The molecule has 2 aliphatic rings. The average molecular weight is 414 g/mol. The number of aromatic nitrogens is 3. The highest BCUT2D eigenvalue weighted by Crippen LogP contribution is 2.26. The Labute approximate surface area is 174 Å². The SMILES string of the molecule is NC(=O)c1cn(C2CCN(C(=O)C3CCCN(Cc4cccc(F)c4)C3)CC2)nn1. The molecule has 2 aromatic rings. The molecule has 2 amide bonds. The number of nitrogens with two attached hydrogens (primary N) is 1. The van der Waals surface area contributed by atoms with E-state index in [2.05, 4.69) is 15.2 Å². The molecule has 1 atom stereocenters. The third-order valence-electron chi connectivity index (χ3n) is 6.06. The smallest absolute Gasteiger partial charge is 0.270 e. The molecule has 8 nitrogen and oxygen atoms in total. The molecule has 2 N–H and O–H groups in total. The van der Waals surface area contributed by atoms with Crippen LogP contribution >= 0.6 is 0 Å². The van der Waals surface area contributed by atoms with Gasteiger partial charge in [-0.3, -0.25) is 14.5 Å². The minimum atomic E-state index is -0.589. The van der Waals surface area contributed by atoms with Gasteiger partial charge in [-0.1, -0.05) is 17.3 Å². The lowest BCUT2D eigenvalue weighted by atomic mass is 9.94. The minimum absolute atomic E-state index is 0.0170. The van der Waals surface area contributed by atoms with Gasteiger partial charge in [-0.15, -0.1) is 5.10 Å². The van der Waals surface area contributed by atoms with Crippen LogP contribution in [0.5, 0.6) is 0 Å². The summed E-state index contributed by atoms with van der Waals surface area (Å²) in [6, 6.07) is 6.77. The highest BCUT2D eigenvalue weighted by Gasteiger charge is 2.32. The first-order valence-electron chi connectivity index (χ1n) is 10.5. The van der Waals surface area contributed by atoms with Gasteiger partial charge in [0.1, 0.15) is 5.82 Å². The molecule has 1 aromatic heterocycles. The van der Waals surface area contributed by atoms with E-state index in [-0.39, 0.29) is 29.4 Å². The Bertz CT molecular complexity index is 908. The van der Waals surface area contributed by atoms with E-state index in [4.69, 9.17) is 5.73 Å². The number of nitrogens with zero attached hydrogens (tertiary/aromatic N) is 5. The van der Waals surface area contributed by atoms with E-state index < -0.39 is 5.91 Å². The first kappa shape index (κ1) is 20.5. The lowest BCUT2D eigenvalue weighted by Gasteiger charge is -2.37. The van der Waals surface area contributed by atoms with Crippen molar-refractivity contribution < 1.29 is 14.0 Å². The van der Waals surface area contributed by atoms with Gasteiger partial charge in [-0.05, 0) is 49.9 Å². The third kappa shape index (κ3) is 4.67. The Morgan fingerprint density at radius 1 is 1.17 bits per heavy atom. The fourth-order valence-electron chi connectivity index (χ4n) is 4.47. The van der Waals surface area contributed by atoms with E-state index in [1.807, 2.05) is 11.0 Å². The molecule has 2 aliphatic heterocycles. The average Bonchev–Trinajstić information content (AvgIpc) is 3.24. The van der Waals surface area contributed by atoms with Crippen molar-refractivity contribution in [3.8, 4) is 0 Å². The van der Waals surface area contributed by atoms with Crippen molar-refractivity contribution in [2.75, 3.05) is 26.2 Å². The number of likely N-dealkylation sites (tertiary alicyclic amines) is 2. The fourth-order valence-corrected chi connectivity index (χ4v) is 4.47. The number of primary amides is 1. The van der Waals surface area contributed by atoms with E-state index in [1.54, 1.807) is 23.0 Å². The highest BCUT2D eigenvalue weighted by molar-refractivity contribution is 5.90. The number of hydrogen-bond acceptors (Lipinski definition) is 5. The molecule has 160 valence electrons. The van der Waals surface area contributed by atoms with E-state index in [0.717, 1.165) is 37.8 Å². The first-order valence-corrected chi connectivity index (χ1v) is 10.5. The van der Waals surface area contributed by atoms with Gasteiger partial charge >= 0.3 is 0 Å². The molecule has 0 spiro atoms. The summed E-state index contributed by atoms with van der Waals surface area (Å²) < 4.78 is 15.1. The number of amides is 2. The van der Waals surface area contributed by atoms with Crippen LogP contribution < -0.4 is 5.73 Å². The predicted octanol–water partition coefficient (Wildman–Crippen LogP) is 1.59. The molecule has 1 aromatic carbocycles. The lowest BCUT2D eigenvalue weighted by molar-refractivity contribution is -0.138. The summed E-state index contributed by atoms with van der Waals surface area (Å²) in [4.78, 5) is 28.5. The molecule has 30 heavy (non-hydrogen) atoms. The van der Waals surface area contributed by atoms with E-state index in [0.29, 0.717) is 26.2 Å². The number of hydrogen-bond donors (Lipinski definition) is 1.